The lowest BCUT2D eigenvalue weighted by Crippen LogP contribution is -2.13. The molecule has 7 nitrogen and oxygen atoms in total. The lowest BCUT2D eigenvalue weighted by molar-refractivity contribution is 0.102. The van der Waals surface area contributed by atoms with Crippen LogP contribution in [0.2, 0.25) is 0 Å². The van der Waals surface area contributed by atoms with Crippen LogP contribution in [0.4, 0.5) is 5.69 Å². The third kappa shape index (κ3) is 4.91. The van der Waals surface area contributed by atoms with Gasteiger partial charge in [0, 0.05) is 27.3 Å². The Labute approximate surface area is 214 Å². The number of methoxy groups -OCH3 is 1. The Kier molecular flexibility index (Phi) is 7.87. The number of amides is 1. The second kappa shape index (κ2) is 11.2. The van der Waals surface area contributed by atoms with Crippen LogP contribution in [0.25, 0.3) is 16.9 Å². The Morgan fingerprint density at radius 2 is 1.78 bits per heavy atom. The van der Waals surface area contributed by atoms with E-state index in [1.165, 1.54) is 7.05 Å². The van der Waals surface area contributed by atoms with Crippen LogP contribution in [0, 0.1) is 0 Å². The highest BCUT2D eigenvalue weighted by Crippen LogP contribution is 2.38. The lowest BCUT2D eigenvalue weighted by Gasteiger charge is -2.20. The summed E-state index contributed by atoms with van der Waals surface area (Å²) in [4.78, 5) is 25.8. The van der Waals surface area contributed by atoms with Gasteiger partial charge in [-0.15, -0.1) is 11.8 Å². The van der Waals surface area contributed by atoms with E-state index < -0.39 is 0 Å². The number of aryl methyl sites for hydroxylation is 1. The van der Waals surface area contributed by atoms with E-state index in [4.69, 9.17) is 4.74 Å². The summed E-state index contributed by atoms with van der Waals surface area (Å²) in [5.41, 5.74) is 11.1. The predicted octanol–water partition coefficient (Wildman–Crippen LogP) is 5.01. The van der Waals surface area contributed by atoms with Gasteiger partial charge in [-0.05, 0) is 92.4 Å². The van der Waals surface area contributed by atoms with Crippen molar-refractivity contribution in [3.8, 4) is 22.7 Å². The van der Waals surface area contributed by atoms with Gasteiger partial charge >= 0.3 is 0 Å². The second-order valence-corrected chi connectivity index (χ2v) is 8.87. The average molecular weight is 501 g/mol. The predicted molar refractivity (Wildman–Crippen MR) is 145 cm³/mol. The first-order valence-corrected chi connectivity index (χ1v) is 12.7. The molecule has 0 aliphatic heterocycles. The molecule has 0 spiro atoms. The summed E-state index contributed by atoms with van der Waals surface area (Å²) in [6, 6.07) is 21.0. The van der Waals surface area contributed by atoms with Crippen LogP contribution >= 0.6 is 11.8 Å². The first-order chi connectivity index (χ1) is 17.6. The fraction of sp³-hybridized carbons (Fsp3) is 0.179. The second-order valence-electron chi connectivity index (χ2n) is 7.99. The van der Waals surface area contributed by atoms with E-state index in [9.17, 15) is 9.59 Å². The van der Waals surface area contributed by atoms with E-state index in [0.29, 0.717) is 22.7 Å². The van der Waals surface area contributed by atoms with Crippen LogP contribution in [-0.4, -0.2) is 42.4 Å². The van der Waals surface area contributed by atoms with Crippen LogP contribution in [0.5, 0.6) is 5.75 Å². The number of aldehydes is 1. The van der Waals surface area contributed by atoms with Crippen LogP contribution in [0.1, 0.15) is 32.0 Å². The number of hydrogen-bond donors (Lipinski definition) is 2. The molecular weight excluding hydrogens is 472 g/mol. The van der Waals surface area contributed by atoms with Gasteiger partial charge in [-0.3, -0.25) is 9.59 Å². The Hall–Kier alpha value is -3.88. The van der Waals surface area contributed by atoms with Crippen LogP contribution in [-0.2, 0) is 12.8 Å². The zero-order valence-corrected chi connectivity index (χ0v) is 21.3. The Morgan fingerprint density at radius 3 is 2.42 bits per heavy atom. The Balaban J connectivity index is 0.00000148. The molecule has 1 aliphatic rings. The van der Waals surface area contributed by atoms with Gasteiger partial charge in [0.1, 0.15) is 11.4 Å². The summed E-state index contributed by atoms with van der Waals surface area (Å²) in [7, 11) is 3.09. The van der Waals surface area contributed by atoms with Gasteiger partial charge < -0.3 is 15.8 Å². The summed E-state index contributed by atoms with van der Waals surface area (Å²) in [5, 5.41) is 7.62. The van der Waals surface area contributed by atoms with Crippen molar-refractivity contribution in [3.63, 3.8) is 0 Å². The number of thioether (sulfide) groups is 1. The molecule has 3 aromatic carbocycles. The Morgan fingerprint density at radius 1 is 1.06 bits per heavy atom. The van der Waals surface area contributed by atoms with Crippen molar-refractivity contribution in [2.45, 2.75) is 17.7 Å². The maximum Gasteiger partial charge on any atom is 0.255 e. The third-order valence-corrected chi connectivity index (χ3v) is 6.81. The number of anilines is 1. The molecule has 8 heteroatoms. The summed E-state index contributed by atoms with van der Waals surface area (Å²) in [6.45, 7) is 0. The summed E-state index contributed by atoms with van der Waals surface area (Å²) >= 11 is 1.67. The van der Waals surface area contributed by atoms with E-state index in [-0.39, 0.29) is 5.91 Å². The normalized spacial score (nSPS) is 11.4. The van der Waals surface area contributed by atoms with Crippen LogP contribution in [0.3, 0.4) is 0 Å². The molecule has 184 valence electrons. The standard InChI is InChI=1S/C27H23N3O3S.CH5N/c1-33-21-10-4-18(5-11-21)27(32)28-19-7-3-17-6-14-23-25(16-31)29-30(26(23)24(17)15-19)20-8-12-22(34-2)13-9-20;1-2/h3-5,7-13,15-16H,6,14H2,1-2H3,(H,28,32);2H2,1H3. The van der Waals surface area contributed by atoms with E-state index >= 15 is 0 Å². The molecule has 1 aliphatic carbocycles. The number of nitrogens with zero attached hydrogens (tertiary/aromatic N) is 2. The van der Waals surface area contributed by atoms with Crippen molar-refractivity contribution in [1.82, 2.24) is 9.78 Å². The van der Waals surface area contributed by atoms with Gasteiger partial charge in [0.15, 0.2) is 6.29 Å². The zero-order chi connectivity index (χ0) is 25.7. The topological polar surface area (TPSA) is 99.2 Å². The molecule has 0 bridgehead atoms. The summed E-state index contributed by atoms with van der Waals surface area (Å²) in [5.74, 6) is 0.496. The molecule has 5 rings (SSSR count). The quantitative estimate of drug-likeness (QED) is 0.285. The number of nitrogens with one attached hydrogen (secondary N) is 1. The molecule has 0 fully saturated rings. The van der Waals surface area contributed by atoms with Crippen molar-refractivity contribution in [2.24, 2.45) is 5.73 Å². The van der Waals surface area contributed by atoms with Crippen molar-refractivity contribution < 1.29 is 14.3 Å². The maximum absolute atomic E-state index is 12.8. The first-order valence-electron chi connectivity index (χ1n) is 11.5. The molecule has 4 aromatic rings. The zero-order valence-electron chi connectivity index (χ0n) is 20.4. The number of ether oxygens (including phenoxy) is 1. The molecule has 0 atom stereocenters. The van der Waals surface area contributed by atoms with E-state index in [2.05, 4.69) is 16.1 Å². The molecule has 0 saturated carbocycles. The van der Waals surface area contributed by atoms with Crippen LogP contribution < -0.4 is 15.8 Å². The molecule has 1 aromatic heterocycles. The van der Waals surface area contributed by atoms with Gasteiger partial charge in [-0.2, -0.15) is 5.10 Å². The smallest absolute Gasteiger partial charge is 0.255 e. The fourth-order valence-corrected chi connectivity index (χ4v) is 4.70. The summed E-state index contributed by atoms with van der Waals surface area (Å²) < 4.78 is 7.01. The minimum atomic E-state index is -0.201. The highest BCUT2D eigenvalue weighted by atomic mass is 32.2. The number of carbonyl (C=O) groups is 2. The molecule has 1 heterocycles. The molecular formula is C28H28N4O3S. The molecule has 0 radical (unpaired) electrons. The van der Waals surface area contributed by atoms with Crippen LogP contribution in [0.15, 0.2) is 71.6 Å². The molecule has 0 saturated heterocycles. The van der Waals surface area contributed by atoms with E-state index in [1.54, 1.807) is 43.1 Å². The maximum atomic E-state index is 12.8. The first kappa shape index (κ1) is 25.2. The lowest BCUT2D eigenvalue weighted by atomic mass is 9.88. The van der Waals surface area contributed by atoms with Gasteiger partial charge in [0.2, 0.25) is 0 Å². The SMILES string of the molecule is CN.COc1ccc(C(=O)Nc2ccc3c(c2)-c2c(c(C=O)nn2-c2ccc(SC)cc2)CC3)cc1. The van der Waals surface area contributed by atoms with Crippen molar-refractivity contribution in [1.29, 1.82) is 0 Å². The number of hydrogen-bond acceptors (Lipinski definition) is 6. The summed E-state index contributed by atoms with van der Waals surface area (Å²) in [6.07, 6.45) is 4.42. The van der Waals surface area contributed by atoms with Gasteiger partial charge in [-0.1, -0.05) is 6.07 Å². The number of rotatable bonds is 6. The number of fused-ring (bicyclic) bond motifs is 3. The Bertz CT molecular complexity index is 1380. The van der Waals surface area contributed by atoms with Gasteiger partial charge in [0.25, 0.3) is 5.91 Å². The molecule has 36 heavy (non-hydrogen) atoms. The fourth-order valence-electron chi connectivity index (χ4n) is 4.29. The minimum absolute atomic E-state index is 0.201. The largest absolute Gasteiger partial charge is 0.497 e. The number of aromatic nitrogens is 2. The highest BCUT2D eigenvalue weighted by molar-refractivity contribution is 7.98. The number of nitrogens with two attached hydrogens (primary N) is 1. The van der Waals surface area contributed by atoms with Crippen molar-refractivity contribution >= 4 is 29.6 Å². The van der Waals surface area contributed by atoms with E-state index in [1.807, 2.05) is 53.4 Å². The van der Waals surface area contributed by atoms with E-state index in [0.717, 1.165) is 52.1 Å². The molecule has 0 unspecified atom stereocenters. The average Bonchev–Trinajstić information content (AvgIpc) is 3.33. The molecule has 3 N–H and O–H groups in total. The number of benzene rings is 3. The van der Waals surface area contributed by atoms with Gasteiger partial charge in [-0.25, -0.2) is 4.68 Å². The monoisotopic (exact) mass is 500 g/mol. The van der Waals surface area contributed by atoms with Crippen molar-refractivity contribution in [3.05, 3.63) is 89.1 Å². The highest BCUT2D eigenvalue weighted by Gasteiger charge is 2.26. The third-order valence-electron chi connectivity index (χ3n) is 6.06. The van der Waals surface area contributed by atoms with Crippen molar-refractivity contribution in [2.75, 3.05) is 25.7 Å². The minimum Gasteiger partial charge on any atom is -0.497 e. The molecule has 1 amide bonds. The van der Waals surface area contributed by atoms with Gasteiger partial charge in [0.05, 0.1) is 18.5 Å². The number of carbonyl (C=O) groups excluding carboxylic acids is 2.